The van der Waals surface area contributed by atoms with Gasteiger partial charge < -0.3 is 20.7 Å². The molecule has 1 saturated heterocycles. The van der Waals surface area contributed by atoms with Crippen LogP contribution in [0.3, 0.4) is 0 Å². The lowest BCUT2D eigenvalue weighted by Crippen LogP contribution is -2.51. The number of nitrogens with zero attached hydrogens (tertiary/aromatic N) is 1. The molecule has 1 aromatic carbocycles. The first-order valence-electron chi connectivity index (χ1n) is 7.61. The monoisotopic (exact) mass is 323 g/mol. The van der Waals surface area contributed by atoms with Gasteiger partial charge in [0.1, 0.15) is 11.9 Å². The van der Waals surface area contributed by atoms with Crippen molar-refractivity contribution in [3.8, 4) is 0 Å². The number of piperidine rings is 1. The van der Waals surface area contributed by atoms with Crippen LogP contribution in [0.15, 0.2) is 24.3 Å². The Balaban J connectivity index is 1.85. The lowest BCUT2D eigenvalue weighted by atomic mass is 10.0. The van der Waals surface area contributed by atoms with E-state index in [2.05, 4.69) is 5.32 Å². The Kier molecular flexibility index (Phi) is 6.06. The van der Waals surface area contributed by atoms with E-state index in [1.54, 1.807) is 17.0 Å². The number of nitrogens with one attached hydrogen (secondary N) is 1. The number of methoxy groups -OCH3 is 1. The predicted molar refractivity (Wildman–Crippen MR) is 83.3 cm³/mol. The third-order valence-electron chi connectivity index (χ3n) is 3.92. The summed E-state index contributed by atoms with van der Waals surface area (Å²) < 4.78 is 18.5. The maximum absolute atomic E-state index is 13.7. The highest BCUT2D eigenvalue weighted by molar-refractivity contribution is 5.94. The molecule has 0 aliphatic carbocycles. The van der Waals surface area contributed by atoms with Gasteiger partial charge in [-0.15, -0.1) is 0 Å². The fourth-order valence-corrected chi connectivity index (χ4v) is 2.60. The number of rotatable bonds is 5. The van der Waals surface area contributed by atoms with Gasteiger partial charge in [0.25, 0.3) is 5.91 Å². The number of hydrogen-bond acceptors (Lipinski definition) is 4. The highest BCUT2D eigenvalue weighted by Crippen LogP contribution is 2.16. The summed E-state index contributed by atoms with van der Waals surface area (Å²) in [6.07, 6.45) is 1.23. The maximum atomic E-state index is 13.7. The zero-order valence-electron chi connectivity index (χ0n) is 13.1. The SMILES string of the molecule is COCC(N)C(=O)NC1CCN(C(=O)c2ccccc2F)CC1. The molecular formula is C16H22FN3O3. The van der Waals surface area contributed by atoms with E-state index < -0.39 is 11.9 Å². The van der Waals surface area contributed by atoms with Crippen LogP contribution in [0.25, 0.3) is 0 Å². The van der Waals surface area contributed by atoms with Crippen molar-refractivity contribution in [3.05, 3.63) is 35.6 Å². The minimum atomic E-state index is -0.696. The molecule has 1 aliphatic rings. The van der Waals surface area contributed by atoms with E-state index in [0.717, 1.165) is 0 Å². The summed E-state index contributed by atoms with van der Waals surface area (Å²) in [6.45, 7) is 1.10. The normalized spacial score (nSPS) is 16.9. The number of halogens is 1. The summed E-state index contributed by atoms with van der Waals surface area (Å²) >= 11 is 0. The van der Waals surface area contributed by atoms with Gasteiger partial charge in [0, 0.05) is 26.2 Å². The third kappa shape index (κ3) is 4.49. The molecule has 0 radical (unpaired) electrons. The Morgan fingerprint density at radius 1 is 1.39 bits per heavy atom. The molecule has 2 amide bonds. The summed E-state index contributed by atoms with van der Waals surface area (Å²) in [4.78, 5) is 25.7. The summed E-state index contributed by atoms with van der Waals surface area (Å²) in [5.41, 5.74) is 5.75. The Hall–Kier alpha value is -1.99. The second-order valence-corrected chi connectivity index (χ2v) is 5.62. The quantitative estimate of drug-likeness (QED) is 0.827. The van der Waals surface area contributed by atoms with Crippen LogP contribution >= 0.6 is 0 Å². The van der Waals surface area contributed by atoms with Crippen LogP contribution in [0.1, 0.15) is 23.2 Å². The van der Waals surface area contributed by atoms with Crippen LogP contribution in [0.2, 0.25) is 0 Å². The molecule has 1 aliphatic heterocycles. The van der Waals surface area contributed by atoms with E-state index >= 15 is 0 Å². The Morgan fingerprint density at radius 2 is 2.04 bits per heavy atom. The molecule has 0 bridgehead atoms. The van der Waals surface area contributed by atoms with Crippen LogP contribution in [0.4, 0.5) is 4.39 Å². The van der Waals surface area contributed by atoms with Crippen molar-refractivity contribution in [3.63, 3.8) is 0 Å². The number of nitrogens with two attached hydrogens (primary N) is 1. The first kappa shape index (κ1) is 17.4. The zero-order valence-corrected chi connectivity index (χ0v) is 13.1. The van der Waals surface area contributed by atoms with Gasteiger partial charge in [-0.1, -0.05) is 12.1 Å². The van der Waals surface area contributed by atoms with E-state index in [0.29, 0.717) is 25.9 Å². The lowest BCUT2D eigenvalue weighted by molar-refractivity contribution is -0.124. The fraction of sp³-hybridized carbons (Fsp3) is 0.500. The summed E-state index contributed by atoms with van der Waals surface area (Å²) in [7, 11) is 1.49. The molecule has 1 aromatic rings. The van der Waals surface area contributed by atoms with E-state index in [-0.39, 0.29) is 30.0 Å². The number of carbonyl (C=O) groups excluding carboxylic acids is 2. The van der Waals surface area contributed by atoms with Gasteiger partial charge in [0.05, 0.1) is 12.2 Å². The average molecular weight is 323 g/mol. The molecule has 6 nitrogen and oxygen atoms in total. The van der Waals surface area contributed by atoms with E-state index in [9.17, 15) is 14.0 Å². The number of likely N-dealkylation sites (tertiary alicyclic amines) is 1. The molecule has 1 unspecified atom stereocenters. The molecule has 1 fully saturated rings. The molecule has 0 spiro atoms. The molecule has 23 heavy (non-hydrogen) atoms. The smallest absolute Gasteiger partial charge is 0.256 e. The number of ether oxygens (including phenoxy) is 1. The lowest BCUT2D eigenvalue weighted by Gasteiger charge is -2.33. The van der Waals surface area contributed by atoms with Gasteiger partial charge in [-0.25, -0.2) is 4.39 Å². The second-order valence-electron chi connectivity index (χ2n) is 5.62. The van der Waals surface area contributed by atoms with Crippen molar-refractivity contribution < 1.29 is 18.7 Å². The van der Waals surface area contributed by atoms with Crippen LogP contribution in [0, 0.1) is 5.82 Å². The maximum Gasteiger partial charge on any atom is 0.256 e. The third-order valence-corrected chi connectivity index (χ3v) is 3.92. The fourth-order valence-electron chi connectivity index (χ4n) is 2.60. The van der Waals surface area contributed by atoms with Crippen molar-refractivity contribution in [1.29, 1.82) is 0 Å². The van der Waals surface area contributed by atoms with E-state index in [1.807, 2.05) is 0 Å². The average Bonchev–Trinajstić information content (AvgIpc) is 2.55. The van der Waals surface area contributed by atoms with Crippen molar-refractivity contribution in [2.75, 3.05) is 26.8 Å². The molecule has 3 N–H and O–H groups in total. The first-order valence-corrected chi connectivity index (χ1v) is 7.61. The number of carbonyl (C=O) groups is 2. The topological polar surface area (TPSA) is 84.7 Å². The molecule has 1 atom stereocenters. The molecule has 1 heterocycles. The summed E-state index contributed by atoms with van der Waals surface area (Å²) in [6, 6.07) is 5.22. The van der Waals surface area contributed by atoms with E-state index in [4.69, 9.17) is 10.5 Å². The van der Waals surface area contributed by atoms with Crippen LogP contribution < -0.4 is 11.1 Å². The summed E-state index contributed by atoms with van der Waals surface area (Å²) in [5, 5.41) is 2.86. The van der Waals surface area contributed by atoms with Gasteiger partial charge in [-0.05, 0) is 25.0 Å². The Morgan fingerprint density at radius 3 is 2.65 bits per heavy atom. The van der Waals surface area contributed by atoms with Crippen LogP contribution in [0.5, 0.6) is 0 Å². The summed E-state index contributed by atoms with van der Waals surface area (Å²) in [5.74, 6) is -1.09. The molecule has 0 aromatic heterocycles. The second kappa shape index (κ2) is 8.03. The zero-order chi connectivity index (χ0) is 16.8. The Bertz CT molecular complexity index is 559. The number of amides is 2. The van der Waals surface area contributed by atoms with Crippen LogP contribution in [-0.4, -0.2) is 55.6 Å². The minimum absolute atomic E-state index is 0.0323. The molecule has 2 rings (SSSR count). The predicted octanol–water partition coefficient (Wildman–Crippen LogP) is 0.520. The molecule has 0 saturated carbocycles. The number of hydrogen-bond donors (Lipinski definition) is 2. The largest absolute Gasteiger partial charge is 0.383 e. The standard InChI is InChI=1S/C16H22FN3O3/c1-23-10-14(18)15(21)19-11-6-8-20(9-7-11)16(22)12-4-2-3-5-13(12)17/h2-5,11,14H,6-10,18H2,1H3,(H,19,21). The van der Waals surface area contributed by atoms with Gasteiger partial charge in [-0.2, -0.15) is 0 Å². The van der Waals surface area contributed by atoms with Gasteiger partial charge in [0.15, 0.2) is 0 Å². The van der Waals surface area contributed by atoms with Gasteiger partial charge >= 0.3 is 0 Å². The number of benzene rings is 1. The van der Waals surface area contributed by atoms with Crippen molar-refractivity contribution in [2.24, 2.45) is 5.73 Å². The molecular weight excluding hydrogens is 301 g/mol. The molecule has 7 heteroatoms. The van der Waals surface area contributed by atoms with Crippen LogP contribution in [-0.2, 0) is 9.53 Å². The first-order chi connectivity index (χ1) is 11.0. The van der Waals surface area contributed by atoms with Crippen molar-refractivity contribution in [1.82, 2.24) is 10.2 Å². The highest BCUT2D eigenvalue weighted by atomic mass is 19.1. The minimum Gasteiger partial charge on any atom is -0.383 e. The van der Waals surface area contributed by atoms with Gasteiger partial charge in [-0.3, -0.25) is 9.59 Å². The van der Waals surface area contributed by atoms with Crippen molar-refractivity contribution in [2.45, 2.75) is 24.9 Å². The van der Waals surface area contributed by atoms with Gasteiger partial charge in [0.2, 0.25) is 5.91 Å². The van der Waals surface area contributed by atoms with Crippen molar-refractivity contribution >= 4 is 11.8 Å². The Labute approximate surface area is 134 Å². The van der Waals surface area contributed by atoms with E-state index in [1.165, 1.54) is 19.2 Å². The highest BCUT2D eigenvalue weighted by Gasteiger charge is 2.26. The molecule has 126 valence electrons.